The smallest absolute Gasteiger partial charge is 0.305 e. The lowest BCUT2D eigenvalue weighted by atomic mass is 10.4. The molecule has 0 radical (unpaired) electrons. The van der Waals surface area contributed by atoms with Crippen molar-refractivity contribution in [2.24, 2.45) is 5.84 Å². The molecule has 0 saturated carbocycles. The van der Waals surface area contributed by atoms with Gasteiger partial charge in [0, 0.05) is 6.54 Å². The van der Waals surface area contributed by atoms with E-state index in [0.29, 0.717) is 0 Å². The van der Waals surface area contributed by atoms with E-state index in [2.05, 4.69) is 17.9 Å². The van der Waals surface area contributed by atoms with E-state index in [9.17, 15) is 9.59 Å². The van der Waals surface area contributed by atoms with Crippen molar-refractivity contribution in [3.05, 3.63) is 0 Å². The van der Waals surface area contributed by atoms with Crippen LogP contribution in [0, 0.1) is 0 Å². The summed E-state index contributed by atoms with van der Waals surface area (Å²) >= 11 is 4.03. The molecular formula is C6H12N4O2S. The van der Waals surface area contributed by atoms with Crippen molar-refractivity contribution >= 4 is 24.7 Å². The largest absolute Gasteiger partial charge is 0.345 e. The minimum Gasteiger partial charge on any atom is -0.305 e. The first-order valence-electron chi connectivity index (χ1n) is 3.81. The molecule has 1 saturated heterocycles. The first-order chi connectivity index (χ1) is 5.90. The van der Waals surface area contributed by atoms with E-state index in [1.807, 2.05) is 0 Å². The summed E-state index contributed by atoms with van der Waals surface area (Å²) in [7, 11) is 0. The average Bonchev–Trinajstić information content (AvgIpc) is 2.01. The lowest BCUT2D eigenvalue weighted by Gasteiger charge is -2.42. The number of nitrogens with two attached hydrogens (primary N) is 1. The molecule has 0 aromatic carbocycles. The number of thiol groups is 1. The number of rotatable bonds is 1. The number of hydrogen-bond donors (Lipinski definition) is 3. The summed E-state index contributed by atoms with van der Waals surface area (Å²) < 4.78 is 0. The maximum absolute atomic E-state index is 11.4. The molecule has 0 aromatic heterocycles. The minimum absolute atomic E-state index is 0.280. The second-order valence-corrected chi connectivity index (χ2v) is 3.72. The van der Waals surface area contributed by atoms with Gasteiger partial charge in [-0.1, -0.05) is 0 Å². The summed E-state index contributed by atoms with van der Waals surface area (Å²) in [6.07, 6.45) is 0. The number of hydrogen-bond acceptors (Lipinski definition) is 4. The number of amides is 4. The molecular weight excluding hydrogens is 192 g/mol. The van der Waals surface area contributed by atoms with Crippen LogP contribution in [-0.4, -0.2) is 33.5 Å². The first kappa shape index (κ1) is 10.1. The molecule has 1 rings (SSSR count). The van der Waals surface area contributed by atoms with Crippen molar-refractivity contribution in [1.29, 1.82) is 0 Å². The monoisotopic (exact) mass is 204 g/mol. The van der Waals surface area contributed by atoms with Crippen LogP contribution in [0.1, 0.15) is 13.8 Å². The lowest BCUT2D eigenvalue weighted by molar-refractivity contribution is 0.0984. The zero-order valence-electron chi connectivity index (χ0n) is 7.44. The van der Waals surface area contributed by atoms with Gasteiger partial charge in [-0.2, -0.15) is 0 Å². The fourth-order valence-electron chi connectivity index (χ4n) is 1.01. The summed E-state index contributed by atoms with van der Waals surface area (Å²) in [6, 6.07) is -1.03. The number of nitrogens with zero attached hydrogens (tertiary/aromatic N) is 2. The number of urea groups is 2. The van der Waals surface area contributed by atoms with Crippen molar-refractivity contribution in [3.63, 3.8) is 0 Å². The van der Waals surface area contributed by atoms with E-state index in [-0.39, 0.29) is 6.54 Å². The molecule has 7 heteroatoms. The highest BCUT2D eigenvalue weighted by molar-refractivity contribution is 7.81. The van der Waals surface area contributed by atoms with Crippen LogP contribution >= 0.6 is 12.6 Å². The van der Waals surface area contributed by atoms with Gasteiger partial charge in [-0.25, -0.2) is 25.3 Å². The van der Waals surface area contributed by atoms with Gasteiger partial charge < -0.3 is 5.32 Å². The highest BCUT2D eigenvalue weighted by Crippen LogP contribution is 2.19. The van der Waals surface area contributed by atoms with Crippen LogP contribution in [0.15, 0.2) is 0 Å². The van der Waals surface area contributed by atoms with Gasteiger partial charge in [0.1, 0.15) is 0 Å². The van der Waals surface area contributed by atoms with Crippen molar-refractivity contribution in [2.45, 2.75) is 18.8 Å². The maximum atomic E-state index is 11.4. The van der Waals surface area contributed by atoms with Crippen LogP contribution in [-0.2, 0) is 0 Å². The standard InChI is InChI=1S/C6H12N4O2S/c1-3-9-4(11)8-6(2,13)10(7)5(9)12/h13H,3,7H2,1-2H3,(H,8,11). The third-order valence-corrected chi connectivity index (χ3v) is 2.14. The number of carbonyl (C=O) groups is 2. The average molecular weight is 204 g/mol. The molecule has 4 amide bonds. The third-order valence-electron chi connectivity index (χ3n) is 1.81. The Morgan fingerprint density at radius 1 is 1.62 bits per heavy atom. The van der Waals surface area contributed by atoms with Gasteiger partial charge in [0.25, 0.3) is 0 Å². The molecule has 3 N–H and O–H groups in total. The molecule has 1 unspecified atom stereocenters. The van der Waals surface area contributed by atoms with Gasteiger partial charge >= 0.3 is 12.1 Å². The Balaban J connectivity index is 2.92. The predicted octanol–water partition coefficient (Wildman–Crippen LogP) is -0.0693. The van der Waals surface area contributed by atoms with Crippen molar-refractivity contribution in [2.75, 3.05) is 6.54 Å². The molecule has 74 valence electrons. The predicted molar refractivity (Wildman–Crippen MR) is 49.7 cm³/mol. The Bertz CT molecular complexity index is 255. The second-order valence-electron chi connectivity index (χ2n) is 2.85. The van der Waals surface area contributed by atoms with E-state index < -0.39 is 17.1 Å². The first-order valence-corrected chi connectivity index (χ1v) is 4.26. The van der Waals surface area contributed by atoms with Gasteiger partial charge in [0.2, 0.25) is 0 Å². The molecule has 1 fully saturated rings. The lowest BCUT2D eigenvalue weighted by Crippen LogP contribution is -2.71. The molecule has 0 spiro atoms. The van der Waals surface area contributed by atoms with Gasteiger partial charge in [-0.3, -0.25) is 0 Å². The van der Waals surface area contributed by atoms with Crippen molar-refractivity contribution in [1.82, 2.24) is 15.2 Å². The summed E-state index contributed by atoms with van der Waals surface area (Å²) in [5.74, 6) is 5.44. The van der Waals surface area contributed by atoms with E-state index >= 15 is 0 Å². The number of hydrazine groups is 1. The molecule has 1 aliphatic heterocycles. The van der Waals surface area contributed by atoms with Crippen LogP contribution in [0.25, 0.3) is 0 Å². The number of carbonyl (C=O) groups excluding carboxylic acids is 2. The SMILES string of the molecule is CCN1C(=O)NC(C)(S)N(N)C1=O. The summed E-state index contributed by atoms with van der Waals surface area (Å²) in [4.78, 5) is 22.5. The van der Waals surface area contributed by atoms with Crippen molar-refractivity contribution < 1.29 is 9.59 Å². The fourth-order valence-corrected chi connectivity index (χ4v) is 1.19. The Morgan fingerprint density at radius 2 is 2.15 bits per heavy atom. The molecule has 13 heavy (non-hydrogen) atoms. The Labute approximate surface area is 81.4 Å². The maximum Gasteiger partial charge on any atom is 0.345 e. The summed E-state index contributed by atoms with van der Waals surface area (Å²) in [5.41, 5.74) is 0. The minimum atomic E-state index is -1.13. The quantitative estimate of drug-likeness (QED) is 0.318. The van der Waals surface area contributed by atoms with Crippen LogP contribution < -0.4 is 11.2 Å². The van der Waals surface area contributed by atoms with Gasteiger partial charge in [-0.15, -0.1) is 12.6 Å². The highest BCUT2D eigenvalue weighted by Gasteiger charge is 2.41. The Kier molecular flexibility index (Phi) is 2.40. The highest BCUT2D eigenvalue weighted by atomic mass is 32.1. The Hall–Kier alpha value is -0.950. The van der Waals surface area contributed by atoms with Gasteiger partial charge in [-0.05, 0) is 13.8 Å². The molecule has 0 aromatic rings. The normalized spacial score (nSPS) is 29.2. The van der Waals surface area contributed by atoms with Crippen LogP contribution in [0.2, 0.25) is 0 Å². The van der Waals surface area contributed by atoms with Crippen LogP contribution in [0.5, 0.6) is 0 Å². The second kappa shape index (κ2) is 3.08. The summed E-state index contributed by atoms with van der Waals surface area (Å²) in [5, 5.41) is 3.34. The molecule has 0 bridgehead atoms. The molecule has 1 atom stereocenters. The molecule has 1 heterocycles. The zero-order chi connectivity index (χ0) is 10.2. The number of imide groups is 1. The fraction of sp³-hybridized carbons (Fsp3) is 0.667. The van der Waals surface area contributed by atoms with Crippen molar-refractivity contribution in [3.8, 4) is 0 Å². The van der Waals surface area contributed by atoms with E-state index in [1.54, 1.807) is 6.92 Å². The number of nitrogens with one attached hydrogen (secondary N) is 1. The van der Waals surface area contributed by atoms with Gasteiger partial charge in [0.05, 0.1) is 0 Å². The van der Waals surface area contributed by atoms with Crippen LogP contribution in [0.3, 0.4) is 0 Å². The topological polar surface area (TPSA) is 78.7 Å². The molecule has 0 aliphatic carbocycles. The van der Waals surface area contributed by atoms with Gasteiger partial charge in [0.15, 0.2) is 4.99 Å². The Morgan fingerprint density at radius 3 is 2.62 bits per heavy atom. The van der Waals surface area contributed by atoms with E-state index in [1.165, 1.54) is 6.92 Å². The van der Waals surface area contributed by atoms with E-state index in [4.69, 9.17) is 5.84 Å². The third kappa shape index (κ3) is 1.56. The molecule has 1 aliphatic rings. The van der Waals surface area contributed by atoms with E-state index in [0.717, 1.165) is 9.91 Å². The molecule has 6 nitrogen and oxygen atoms in total. The summed E-state index contributed by atoms with van der Waals surface area (Å²) in [6.45, 7) is 3.49. The zero-order valence-corrected chi connectivity index (χ0v) is 8.34. The van der Waals surface area contributed by atoms with Crippen LogP contribution in [0.4, 0.5) is 9.59 Å².